The van der Waals surface area contributed by atoms with Crippen LogP contribution in [0.4, 0.5) is 0 Å². The summed E-state index contributed by atoms with van der Waals surface area (Å²) in [6, 6.07) is 0. The number of allylic oxidation sites excluding steroid dienone is 12. The smallest absolute Gasteiger partial charge is 0.0659 e. The van der Waals surface area contributed by atoms with Gasteiger partial charge in [0.05, 0.1) is 45.6 Å². The van der Waals surface area contributed by atoms with Crippen LogP contribution in [0.2, 0.25) is 0 Å². The lowest BCUT2D eigenvalue weighted by atomic mass is 10.2. The molecule has 5 heterocycles. The van der Waals surface area contributed by atoms with Gasteiger partial charge in [0, 0.05) is 0 Å². The third-order valence-electron chi connectivity index (χ3n) is 5.26. The third kappa shape index (κ3) is 5.38. The lowest BCUT2D eigenvalue weighted by Gasteiger charge is -2.13. The van der Waals surface area contributed by atoms with Crippen LogP contribution in [0.15, 0.2) is 116 Å². The average molecular weight is 410 g/mol. The first-order valence-corrected chi connectivity index (χ1v) is 10.8. The Kier molecular flexibility index (Phi) is 6.43. The standard InChI is InChI=1S/C20H12N4.C6H15N/c1-2-14-10-16-5-6-18(23-16)12-20-8-7-19(24-20)11-17-4-3-15(22-17)9-13(1)21-14;1-4-7(5-2)6-3/h1-12H;4-6H2,1-3H3. The van der Waals surface area contributed by atoms with Gasteiger partial charge in [0.25, 0.3) is 0 Å². The van der Waals surface area contributed by atoms with E-state index in [0.717, 1.165) is 45.6 Å². The van der Waals surface area contributed by atoms with Crippen molar-refractivity contribution >= 4 is 22.8 Å². The largest absolute Gasteiger partial charge is 0.304 e. The van der Waals surface area contributed by atoms with E-state index in [1.54, 1.807) is 0 Å². The molecule has 5 rings (SSSR count). The van der Waals surface area contributed by atoms with Crippen LogP contribution >= 0.6 is 0 Å². The molecule has 0 saturated heterocycles. The molecule has 0 aromatic carbocycles. The van der Waals surface area contributed by atoms with Crippen LogP contribution in [0.25, 0.3) is 0 Å². The molecule has 0 spiro atoms. The van der Waals surface area contributed by atoms with Gasteiger partial charge in [-0.1, -0.05) is 20.8 Å². The van der Waals surface area contributed by atoms with Crippen LogP contribution in [0.5, 0.6) is 0 Å². The fourth-order valence-corrected chi connectivity index (χ4v) is 3.50. The summed E-state index contributed by atoms with van der Waals surface area (Å²) in [4.78, 5) is 20.8. The molecule has 156 valence electrons. The molecule has 0 amide bonds. The molecule has 0 aromatic rings. The maximum absolute atomic E-state index is 4.59. The molecule has 8 bridgehead atoms. The van der Waals surface area contributed by atoms with E-state index in [1.807, 2.05) is 72.9 Å². The van der Waals surface area contributed by atoms with Gasteiger partial charge in [-0.3, -0.25) is 0 Å². The van der Waals surface area contributed by atoms with Crippen molar-refractivity contribution in [1.82, 2.24) is 4.90 Å². The summed E-state index contributed by atoms with van der Waals surface area (Å²) in [5.74, 6) is 0. The lowest BCUT2D eigenvalue weighted by molar-refractivity contribution is 0.321. The Balaban J connectivity index is 0.000000289. The third-order valence-corrected chi connectivity index (χ3v) is 5.26. The first-order valence-electron chi connectivity index (χ1n) is 10.8. The van der Waals surface area contributed by atoms with Crippen molar-refractivity contribution in [3.05, 3.63) is 95.7 Å². The molecule has 0 atom stereocenters. The Bertz CT molecular complexity index is 931. The van der Waals surface area contributed by atoms with Gasteiger partial charge in [0.2, 0.25) is 0 Å². The second-order valence-corrected chi connectivity index (χ2v) is 7.38. The molecule has 0 aliphatic carbocycles. The molecule has 5 nitrogen and oxygen atoms in total. The van der Waals surface area contributed by atoms with E-state index < -0.39 is 0 Å². The normalized spacial score (nSPS) is 19.9. The van der Waals surface area contributed by atoms with Crippen molar-refractivity contribution in [3.8, 4) is 0 Å². The number of nitrogens with zero attached hydrogens (tertiary/aromatic N) is 5. The minimum Gasteiger partial charge on any atom is -0.304 e. The topological polar surface area (TPSA) is 52.7 Å². The van der Waals surface area contributed by atoms with Crippen molar-refractivity contribution in [1.29, 1.82) is 0 Å². The highest BCUT2D eigenvalue weighted by Gasteiger charge is 2.11. The molecule has 0 fully saturated rings. The molecule has 0 unspecified atom stereocenters. The van der Waals surface area contributed by atoms with Gasteiger partial charge in [-0.2, -0.15) is 0 Å². The predicted octanol–water partition coefficient (Wildman–Crippen LogP) is 4.93. The summed E-state index contributed by atoms with van der Waals surface area (Å²) in [5, 5.41) is 0. The quantitative estimate of drug-likeness (QED) is 0.652. The van der Waals surface area contributed by atoms with E-state index in [1.165, 1.54) is 19.6 Å². The van der Waals surface area contributed by atoms with E-state index in [0.29, 0.717) is 0 Å². The molecule has 0 N–H and O–H groups in total. The fourth-order valence-electron chi connectivity index (χ4n) is 3.50. The number of hydrogen-bond donors (Lipinski definition) is 0. The summed E-state index contributed by atoms with van der Waals surface area (Å²) in [5.41, 5.74) is 7.15. The van der Waals surface area contributed by atoms with Gasteiger partial charge < -0.3 is 4.90 Å². The predicted molar refractivity (Wildman–Crippen MR) is 132 cm³/mol. The van der Waals surface area contributed by atoms with Gasteiger partial charge in [-0.05, 0) is 92.5 Å². The van der Waals surface area contributed by atoms with Crippen molar-refractivity contribution in [3.63, 3.8) is 0 Å². The van der Waals surface area contributed by atoms with Crippen LogP contribution in [0.1, 0.15) is 20.8 Å². The summed E-state index contributed by atoms with van der Waals surface area (Å²) in [7, 11) is 0. The minimum atomic E-state index is 0.894. The van der Waals surface area contributed by atoms with Gasteiger partial charge in [0.1, 0.15) is 0 Å². The Morgan fingerprint density at radius 2 is 0.710 bits per heavy atom. The van der Waals surface area contributed by atoms with Crippen molar-refractivity contribution in [2.24, 2.45) is 20.0 Å². The van der Waals surface area contributed by atoms with Crippen molar-refractivity contribution in [2.75, 3.05) is 19.6 Å². The fraction of sp³-hybridized carbons (Fsp3) is 0.231. The van der Waals surface area contributed by atoms with E-state index >= 15 is 0 Å². The van der Waals surface area contributed by atoms with E-state index in [9.17, 15) is 0 Å². The van der Waals surface area contributed by atoms with E-state index in [4.69, 9.17) is 0 Å². The molecule has 5 aliphatic heterocycles. The van der Waals surface area contributed by atoms with Gasteiger partial charge in [-0.25, -0.2) is 20.0 Å². The first kappa shape index (κ1) is 20.8. The lowest BCUT2D eigenvalue weighted by Crippen LogP contribution is -2.21. The van der Waals surface area contributed by atoms with Gasteiger partial charge in [-0.15, -0.1) is 0 Å². The van der Waals surface area contributed by atoms with Crippen molar-refractivity contribution in [2.45, 2.75) is 20.8 Å². The van der Waals surface area contributed by atoms with Gasteiger partial charge in [0.15, 0.2) is 0 Å². The Morgan fingerprint density at radius 3 is 0.903 bits per heavy atom. The average Bonchev–Trinajstić information content (AvgIpc) is 3.56. The van der Waals surface area contributed by atoms with E-state index in [2.05, 4.69) is 45.6 Å². The number of hydrogen-bond acceptors (Lipinski definition) is 5. The minimum absolute atomic E-state index is 0.894. The van der Waals surface area contributed by atoms with Crippen LogP contribution in [-0.2, 0) is 0 Å². The highest BCUT2D eigenvalue weighted by Crippen LogP contribution is 2.20. The number of rotatable bonds is 3. The van der Waals surface area contributed by atoms with Crippen molar-refractivity contribution < 1.29 is 0 Å². The summed E-state index contributed by atoms with van der Waals surface area (Å²) in [6.07, 6.45) is 23.8. The Labute approximate surface area is 184 Å². The van der Waals surface area contributed by atoms with E-state index in [-0.39, 0.29) is 0 Å². The summed E-state index contributed by atoms with van der Waals surface area (Å²) in [6.45, 7) is 10.1. The number of fused-ring (bicyclic) bond motifs is 4. The molecule has 5 aliphatic rings. The van der Waals surface area contributed by atoms with Crippen LogP contribution in [0, 0.1) is 0 Å². The zero-order chi connectivity index (χ0) is 21.6. The maximum Gasteiger partial charge on any atom is 0.0659 e. The van der Waals surface area contributed by atoms with Gasteiger partial charge >= 0.3 is 0 Å². The molecule has 31 heavy (non-hydrogen) atoms. The number of aliphatic imine (C=N–C) groups is 4. The van der Waals surface area contributed by atoms with Crippen LogP contribution in [0.3, 0.4) is 0 Å². The summed E-state index contributed by atoms with van der Waals surface area (Å²) < 4.78 is 0. The molecular weight excluding hydrogens is 382 g/mol. The second kappa shape index (κ2) is 9.58. The molecule has 5 heteroatoms. The van der Waals surface area contributed by atoms with Crippen LogP contribution in [-0.4, -0.2) is 47.4 Å². The molecule has 0 aromatic heterocycles. The Hall–Kier alpha value is -3.44. The Morgan fingerprint density at radius 1 is 0.452 bits per heavy atom. The molecular formula is C26H27N5. The molecule has 0 saturated carbocycles. The summed E-state index contributed by atoms with van der Waals surface area (Å²) >= 11 is 0. The maximum atomic E-state index is 4.59. The first-order chi connectivity index (χ1) is 15.1. The zero-order valence-electron chi connectivity index (χ0n) is 18.3. The second-order valence-electron chi connectivity index (χ2n) is 7.38. The molecule has 0 radical (unpaired) electrons. The highest BCUT2D eigenvalue weighted by molar-refractivity contribution is 6.14. The monoisotopic (exact) mass is 409 g/mol. The highest BCUT2D eigenvalue weighted by atomic mass is 15.1. The van der Waals surface area contributed by atoms with Crippen LogP contribution < -0.4 is 0 Å². The zero-order valence-corrected chi connectivity index (χ0v) is 18.3. The SMILES string of the molecule is C1=CC2=NC1=CC1=NC(=CC3=NC(=CC4=NC(=C2)C=C4)C=C3)C=C1.CCN(CC)CC.